The van der Waals surface area contributed by atoms with Crippen molar-refractivity contribution in [2.75, 3.05) is 20.1 Å². The number of carboxylic acid groups (broad SMARTS) is 1. The zero-order chi connectivity index (χ0) is 22.8. The summed E-state index contributed by atoms with van der Waals surface area (Å²) in [5.41, 5.74) is 1.35. The maximum Gasteiger partial charge on any atom is 0.407 e. The van der Waals surface area contributed by atoms with Gasteiger partial charge in [-0.1, -0.05) is 58.0 Å². The van der Waals surface area contributed by atoms with Crippen molar-refractivity contribution >= 4 is 12.0 Å². The number of hydrogen-bond donors (Lipinski definition) is 2. The Morgan fingerprint density at radius 2 is 1.87 bits per heavy atom. The molecule has 1 saturated carbocycles. The Kier molecular flexibility index (Phi) is 7.30. The number of nitrogens with one attached hydrogen (secondary N) is 1. The summed E-state index contributed by atoms with van der Waals surface area (Å²) in [5, 5.41) is 12.8. The SMILES string of the molecule is C[C@@H](CC(C)(C)C)C(C(=O)N[C@H]1CC[C@@H]2CN(Cc3ccccc3)C[C@@H]21)N(C)C(=O)O. The molecule has 1 saturated heterocycles. The summed E-state index contributed by atoms with van der Waals surface area (Å²) in [5.74, 6) is 0.850. The molecule has 2 N–H and O–H groups in total. The minimum Gasteiger partial charge on any atom is -0.465 e. The van der Waals surface area contributed by atoms with Crippen LogP contribution in [0, 0.1) is 23.2 Å². The van der Waals surface area contributed by atoms with Gasteiger partial charge < -0.3 is 10.4 Å². The molecule has 31 heavy (non-hydrogen) atoms. The summed E-state index contributed by atoms with van der Waals surface area (Å²) in [4.78, 5) is 28.7. The standard InChI is InChI=1S/C25H39N3O3/c1-17(13-25(2,3)4)22(27(5)24(30)31)23(29)26-21-12-11-19-15-28(16-20(19)21)14-18-9-7-6-8-10-18/h6-10,17,19-22H,11-16H2,1-5H3,(H,26,29)(H,30,31)/t17-,19+,20-,21-,22?/m0/s1. The van der Waals surface area contributed by atoms with Crippen LogP contribution in [0.1, 0.15) is 52.5 Å². The highest BCUT2D eigenvalue weighted by Crippen LogP contribution is 2.39. The lowest BCUT2D eigenvalue weighted by Gasteiger charge is -2.34. The van der Waals surface area contributed by atoms with E-state index in [1.165, 1.54) is 17.5 Å². The van der Waals surface area contributed by atoms with Crippen LogP contribution in [-0.4, -0.2) is 59.1 Å². The molecule has 1 aromatic rings. The van der Waals surface area contributed by atoms with Gasteiger partial charge >= 0.3 is 6.09 Å². The molecule has 1 aliphatic heterocycles. The van der Waals surface area contributed by atoms with Crippen molar-refractivity contribution in [1.29, 1.82) is 0 Å². The second-order valence-corrected chi connectivity index (χ2v) is 10.9. The van der Waals surface area contributed by atoms with Crippen LogP contribution in [-0.2, 0) is 11.3 Å². The van der Waals surface area contributed by atoms with Crippen LogP contribution < -0.4 is 5.32 Å². The normalized spacial score (nSPS) is 25.6. The summed E-state index contributed by atoms with van der Waals surface area (Å²) in [6.45, 7) is 11.4. The first-order chi connectivity index (χ1) is 14.5. The van der Waals surface area contributed by atoms with Crippen molar-refractivity contribution in [3.05, 3.63) is 35.9 Å². The molecule has 0 bridgehead atoms. The van der Waals surface area contributed by atoms with Gasteiger partial charge in [0.15, 0.2) is 0 Å². The molecule has 1 aliphatic carbocycles. The third-order valence-electron chi connectivity index (χ3n) is 6.97. The van der Waals surface area contributed by atoms with Crippen molar-refractivity contribution in [3.63, 3.8) is 0 Å². The highest BCUT2D eigenvalue weighted by atomic mass is 16.4. The quantitative estimate of drug-likeness (QED) is 0.685. The molecule has 6 heteroatoms. The van der Waals surface area contributed by atoms with Gasteiger partial charge in [-0.15, -0.1) is 0 Å². The minimum absolute atomic E-state index is 0.0269. The molecule has 0 spiro atoms. The lowest BCUT2D eigenvalue weighted by atomic mass is 9.81. The van der Waals surface area contributed by atoms with E-state index >= 15 is 0 Å². The molecule has 2 amide bonds. The minimum atomic E-state index is -1.06. The largest absolute Gasteiger partial charge is 0.465 e. The second-order valence-electron chi connectivity index (χ2n) is 10.9. The fourth-order valence-corrected chi connectivity index (χ4v) is 5.79. The van der Waals surface area contributed by atoms with Gasteiger partial charge in [0.05, 0.1) is 0 Å². The first kappa shape index (κ1) is 23.6. The molecule has 0 aromatic heterocycles. The van der Waals surface area contributed by atoms with E-state index in [0.717, 1.165) is 38.9 Å². The van der Waals surface area contributed by atoms with Crippen molar-refractivity contribution < 1.29 is 14.7 Å². The van der Waals surface area contributed by atoms with Crippen LogP contribution in [0.5, 0.6) is 0 Å². The Labute approximate surface area is 187 Å². The van der Waals surface area contributed by atoms with Crippen LogP contribution in [0.15, 0.2) is 30.3 Å². The number of likely N-dealkylation sites (N-methyl/N-ethyl adjacent to an activating group) is 1. The number of rotatable bonds is 7. The summed E-state index contributed by atoms with van der Waals surface area (Å²) < 4.78 is 0. The number of nitrogens with zero attached hydrogens (tertiary/aromatic N) is 2. The van der Waals surface area contributed by atoms with Crippen LogP contribution in [0.25, 0.3) is 0 Å². The monoisotopic (exact) mass is 429 g/mol. The van der Waals surface area contributed by atoms with Gasteiger partial charge in [-0.05, 0) is 48.0 Å². The topological polar surface area (TPSA) is 72.9 Å². The molecular weight excluding hydrogens is 390 g/mol. The fraction of sp³-hybridized carbons (Fsp3) is 0.680. The molecule has 2 fully saturated rings. The molecular formula is C25H39N3O3. The Hall–Kier alpha value is -2.08. The number of carbonyl (C=O) groups is 2. The van der Waals surface area contributed by atoms with Crippen LogP contribution in [0.2, 0.25) is 0 Å². The molecule has 0 radical (unpaired) electrons. The Morgan fingerprint density at radius 3 is 2.48 bits per heavy atom. The lowest BCUT2D eigenvalue weighted by molar-refractivity contribution is -0.128. The third kappa shape index (κ3) is 6.00. The van der Waals surface area contributed by atoms with Crippen molar-refractivity contribution in [2.24, 2.45) is 23.2 Å². The van der Waals surface area contributed by atoms with Gasteiger partial charge in [0.2, 0.25) is 5.91 Å². The van der Waals surface area contributed by atoms with E-state index in [4.69, 9.17) is 0 Å². The number of likely N-dealkylation sites (tertiary alicyclic amines) is 1. The number of carbonyl (C=O) groups excluding carboxylic acids is 1. The highest BCUT2D eigenvalue weighted by Gasteiger charge is 2.44. The molecule has 3 rings (SSSR count). The van der Waals surface area contributed by atoms with Gasteiger partial charge in [-0.25, -0.2) is 4.79 Å². The summed E-state index contributed by atoms with van der Waals surface area (Å²) >= 11 is 0. The fourth-order valence-electron chi connectivity index (χ4n) is 5.79. The molecule has 172 valence electrons. The average Bonchev–Trinajstić information content (AvgIpc) is 3.22. The van der Waals surface area contributed by atoms with Gasteiger partial charge in [-0.3, -0.25) is 14.6 Å². The maximum absolute atomic E-state index is 13.3. The molecule has 1 aromatic carbocycles. The van der Waals surface area contributed by atoms with Crippen molar-refractivity contribution in [1.82, 2.24) is 15.1 Å². The molecule has 6 nitrogen and oxygen atoms in total. The van der Waals surface area contributed by atoms with E-state index in [9.17, 15) is 14.7 Å². The van der Waals surface area contributed by atoms with Crippen LogP contribution >= 0.6 is 0 Å². The average molecular weight is 430 g/mol. The first-order valence-corrected chi connectivity index (χ1v) is 11.6. The van der Waals surface area contributed by atoms with E-state index in [0.29, 0.717) is 11.8 Å². The van der Waals surface area contributed by atoms with E-state index < -0.39 is 12.1 Å². The number of hydrogen-bond acceptors (Lipinski definition) is 3. The van der Waals surface area contributed by atoms with E-state index in [1.54, 1.807) is 0 Å². The van der Waals surface area contributed by atoms with Crippen LogP contribution in [0.3, 0.4) is 0 Å². The highest BCUT2D eigenvalue weighted by molar-refractivity contribution is 5.85. The molecule has 2 aliphatic rings. The number of amides is 2. The summed E-state index contributed by atoms with van der Waals surface area (Å²) in [7, 11) is 1.51. The van der Waals surface area contributed by atoms with E-state index in [2.05, 4.69) is 55.3 Å². The second kappa shape index (κ2) is 9.60. The first-order valence-electron chi connectivity index (χ1n) is 11.6. The van der Waals surface area contributed by atoms with Crippen molar-refractivity contribution in [3.8, 4) is 0 Å². The molecule has 1 heterocycles. The smallest absolute Gasteiger partial charge is 0.407 e. The molecule has 1 unspecified atom stereocenters. The Morgan fingerprint density at radius 1 is 1.19 bits per heavy atom. The predicted molar refractivity (Wildman–Crippen MR) is 123 cm³/mol. The van der Waals surface area contributed by atoms with Crippen LogP contribution in [0.4, 0.5) is 4.79 Å². The Balaban J connectivity index is 1.64. The number of fused-ring (bicyclic) bond motifs is 1. The van der Waals surface area contributed by atoms with Gasteiger partial charge in [-0.2, -0.15) is 0 Å². The van der Waals surface area contributed by atoms with Crippen molar-refractivity contribution in [2.45, 2.75) is 65.6 Å². The maximum atomic E-state index is 13.3. The summed E-state index contributed by atoms with van der Waals surface area (Å²) in [6.07, 6.45) is 1.83. The Bertz CT molecular complexity index is 761. The molecule has 5 atom stereocenters. The zero-order valence-electron chi connectivity index (χ0n) is 19.7. The lowest BCUT2D eigenvalue weighted by Crippen LogP contribution is -2.54. The van der Waals surface area contributed by atoms with E-state index in [-0.39, 0.29) is 23.3 Å². The zero-order valence-corrected chi connectivity index (χ0v) is 19.7. The van der Waals surface area contributed by atoms with Gasteiger partial charge in [0.1, 0.15) is 6.04 Å². The van der Waals surface area contributed by atoms with E-state index in [1.807, 2.05) is 13.0 Å². The van der Waals surface area contributed by atoms with Gasteiger partial charge in [0.25, 0.3) is 0 Å². The third-order valence-corrected chi connectivity index (χ3v) is 6.97. The predicted octanol–water partition coefficient (Wildman–Crippen LogP) is 4.06. The van der Waals surface area contributed by atoms with Gasteiger partial charge in [0, 0.05) is 32.7 Å². The number of benzene rings is 1. The summed E-state index contributed by atoms with van der Waals surface area (Å²) in [6, 6.07) is 9.98.